The first-order valence-corrected chi connectivity index (χ1v) is 11.7. The molecule has 36 heavy (non-hydrogen) atoms. The van der Waals surface area contributed by atoms with E-state index in [-0.39, 0.29) is 35.8 Å². The van der Waals surface area contributed by atoms with Gasteiger partial charge in [0.25, 0.3) is 0 Å². The summed E-state index contributed by atoms with van der Waals surface area (Å²) in [6, 6.07) is 21.0. The Morgan fingerprint density at radius 2 is 1.81 bits per heavy atom. The van der Waals surface area contributed by atoms with Gasteiger partial charge in [-0.3, -0.25) is 9.69 Å². The molecule has 1 aromatic heterocycles. The number of amides is 1. The lowest BCUT2D eigenvalue weighted by molar-refractivity contribution is -0.118. The molecule has 5 rings (SSSR count). The second-order valence-electron chi connectivity index (χ2n) is 8.75. The Balaban J connectivity index is 1.52. The van der Waals surface area contributed by atoms with E-state index in [2.05, 4.69) is 28.3 Å². The maximum Gasteiger partial charge on any atom is 0.232 e. The number of nitrogens with two attached hydrogens (primary N) is 1. The lowest BCUT2D eigenvalue weighted by atomic mass is 9.83. The summed E-state index contributed by atoms with van der Waals surface area (Å²) in [5.41, 5.74) is 10.2. The zero-order chi connectivity index (χ0) is 25.2. The number of anilines is 4. The number of nitrogens with one attached hydrogen (secondary N) is 1. The van der Waals surface area contributed by atoms with Gasteiger partial charge in [0.15, 0.2) is 5.82 Å². The van der Waals surface area contributed by atoms with Crippen LogP contribution in [-0.4, -0.2) is 22.9 Å². The van der Waals surface area contributed by atoms with Crippen molar-refractivity contribution in [3.05, 3.63) is 96.2 Å². The number of rotatable bonds is 5. The maximum atomic E-state index is 13.8. The average molecular weight is 484 g/mol. The molecule has 0 fully saturated rings. The third-order valence-electron chi connectivity index (χ3n) is 6.51. The predicted molar refractivity (Wildman–Crippen MR) is 138 cm³/mol. The number of hydrogen-bond donors (Lipinski definition) is 2. The molecule has 4 aromatic rings. The van der Waals surface area contributed by atoms with Crippen molar-refractivity contribution in [2.45, 2.75) is 25.2 Å². The number of fused-ring (bicyclic) bond motifs is 1. The van der Waals surface area contributed by atoms with Crippen molar-refractivity contribution in [1.29, 1.82) is 0 Å². The molecule has 0 bridgehead atoms. The normalized spacial score (nSPS) is 17.3. The minimum atomic E-state index is -0.379. The number of nitrogens with zero attached hydrogens (tertiary/aromatic N) is 3. The van der Waals surface area contributed by atoms with Crippen molar-refractivity contribution in [1.82, 2.24) is 9.97 Å². The molecule has 7 nitrogen and oxygen atoms in total. The number of hydrogen-bond acceptors (Lipinski definition) is 6. The van der Waals surface area contributed by atoms with Gasteiger partial charge >= 0.3 is 0 Å². The van der Waals surface area contributed by atoms with Gasteiger partial charge in [-0.05, 0) is 54.1 Å². The van der Waals surface area contributed by atoms with Crippen LogP contribution < -0.4 is 20.7 Å². The molecule has 0 saturated heterocycles. The first-order valence-electron chi connectivity index (χ1n) is 11.7. The summed E-state index contributed by atoms with van der Waals surface area (Å²) in [4.78, 5) is 24.1. The Bertz CT molecular complexity index is 1410. The quantitative estimate of drug-likeness (QED) is 0.362. The predicted octanol–water partition coefficient (Wildman–Crippen LogP) is 5.99. The highest BCUT2D eigenvalue weighted by atomic mass is 19.1. The Morgan fingerprint density at radius 1 is 1.03 bits per heavy atom. The van der Waals surface area contributed by atoms with Gasteiger partial charge in [0.1, 0.15) is 29.3 Å². The van der Waals surface area contributed by atoms with E-state index < -0.39 is 0 Å². The molecule has 2 heterocycles. The zero-order valence-corrected chi connectivity index (χ0v) is 20.0. The van der Waals surface area contributed by atoms with Crippen LogP contribution in [-0.2, 0) is 4.79 Å². The van der Waals surface area contributed by atoms with E-state index in [9.17, 15) is 9.18 Å². The summed E-state index contributed by atoms with van der Waals surface area (Å²) >= 11 is 0. The first-order chi connectivity index (χ1) is 17.4. The number of aromatic nitrogens is 2. The third kappa shape index (κ3) is 4.45. The average Bonchev–Trinajstić information content (AvgIpc) is 2.99. The van der Waals surface area contributed by atoms with Gasteiger partial charge in [-0.2, -0.15) is 0 Å². The van der Waals surface area contributed by atoms with E-state index >= 15 is 0 Å². The highest BCUT2D eigenvalue weighted by molar-refractivity contribution is 6.04. The van der Waals surface area contributed by atoms with E-state index in [1.165, 1.54) is 18.5 Å². The fourth-order valence-electron chi connectivity index (χ4n) is 4.67. The number of nitrogen functional groups attached to an aromatic ring is 1. The van der Waals surface area contributed by atoms with E-state index in [1.54, 1.807) is 41.3 Å². The van der Waals surface area contributed by atoms with Crippen molar-refractivity contribution >= 4 is 28.8 Å². The molecule has 1 amide bonds. The van der Waals surface area contributed by atoms with E-state index in [0.29, 0.717) is 28.6 Å². The van der Waals surface area contributed by atoms with Crippen molar-refractivity contribution in [2.24, 2.45) is 0 Å². The van der Waals surface area contributed by atoms with Crippen LogP contribution in [0.1, 0.15) is 36.4 Å². The molecule has 1 aliphatic rings. The van der Waals surface area contributed by atoms with Crippen molar-refractivity contribution < 1.29 is 13.9 Å². The summed E-state index contributed by atoms with van der Waals surface area (Å²) in [6.07, 6.45) is 1.71. The van der Waals surface area contributed by atoms with Gasteiger partial charge in [0, 0.05) is 42.7 Å². The van der Waals surface area contributed by atoms with E-state index in [1.807, 2.05) is 25.2 Å². The second-order valence-corrected chi connectivity index (χ2v) is 8.75. The molecule has 182 valence electrons. The zero-order valence-electron chi connectivity index (χ0n) is 20.0. The molecule has 0 saturated carbocycles. The Kier molecular flexibility index (Phi) is 6.25. The smallest absolute Gasteiger partial charge is 0.232 e. The van der Waals surface area contributed by atoms with Crippen LogP contribution >= 0.6 is 0 Å². The molecule has 2 atom stereocenters. The van der Waals surface area contributed by atoms with Crippen LogP contribution in [0.15, 0.2) is 79.1 Å². The first kappa shape index (κ1) is 23.3. The van der Waals surface area contributed by atoms with E-state index in [4.69, 9.17) is 10.5 Å². The Labute approximate surface area is 208 Å². The van der Waals surface area contributed by atoms with E-state index in [0.717, 1.165) is 11.3 Å². The van der Waals surface area contributed by atoms with Crippen LogP contribution in [0.2, 0.25) is 0 Å². The summed E-state index contributed by atoms with van der Waals surface area (Å²) in [6.45, 7) is 2.06. The minimum absolute atomic E-state index is 0.0815. The molecule has 3 aromatic carbocycles. The summed E-state index contributed by atoms with van der Waals surface area (Å²) in [5.74, 6) is 0.471. The SMILES string of the molecule is CNc1cccc(C2CC(=O)N(c3ccc(Oc4cccc(F)c4)cc3)c3c(N)ncnc3C2C)c1. The molecule has 3 N–H and O–H groups in total. The molecule has 1 aliphatic heterocycles. The van der Waals surface area contributed by atoms with Crippen LogP contribution in [0.5, 0.6) is 11.5 Å². The summed E-state index contributed by atoms with van der Waals surface area (Å²) < 4.78 is 19.3. The fraction of sp³-hybridized carbons (Fsp3) is 0.179. The number of ether oxygens (including phenoxy) is 1. The summed E-state index contributed by atoms with van der Waals surface area (Å²) in [7, 11) is 1.87. The van der Waals surface area contributed by atoms with Gasteiger partial charge in [-0.25, -0.2) is 14.4 Å². The Morgan fingerprint density at radius 3 is 2.56 bits per heavy atom. The minimum Gasteiger partial charge on any atom is -0.457 e. The van der Waals surface area contributed by atoms with Crippen LogP contribution in [0.4, 0.5) is 27.3 Å². The van der Waals surface area contributed by atoms with Gasteiger partial charge in [-0.1, -0.05) is 25.1 Å². The highest BCUT2D eigenvalue weighted by Gasteiger charge is 2.37. The Hall–Kier alpha value is -4.46. The standard InChI is InChI=1S/C28H26FN5O2/c1-17-24(18-5-3-7-20(13-18)31-2)15-25(35)34(27-26(17)32-16-33-28(27)30)21-9-11-22(12-10-21)36-23-8-4-6-19(29)14-23/h3-14,16-17,24,31H,15H2,1-2H3,(H2,30,32,33). The third-order valence-corrected chi connectivity index (χ3v) is 6.51. The maximum absolute atomic E-state index is 13.8. The fourth-order valence-corrected chi connectivity index (χ4v) is 4.67. The second kappa shape index (κ2) is 9.65. The highest BCUT2D eigenvalue weighted by Crippen LogP contribution is 2.46. The van der Waals surface area contributed by atoms with Gasteiger partial charge < -0.3 is 15.8 Å². The number of benzene rings is 3. The summed E-state index contributed by atoms with van der Waals surface area (Å²) in [5, 5.41) is 3.16. The lowest BCUT2D eigenvalue weighted by Crippen LogP contribution is -2.27. The number of carbonyl (C=O) groups excluding carboxylic acids is 1. The molecule has 0 aliphatic carbocycles. The van der Waals surface area contributed by atoms with Crippen molar-refractivity contribution in [3.63, 3.8) is 0 Å². The molecule has 8 heteroatoms. The molecular formula is C28H26FN5O2. The topological polar surface area (TPSA) is 93.4 Å². The molecule has 0 radical (unpaired) electrons. The number of halogens is 1. The van der Waals surface area contributed by atoms with Crippen LogP contribution in [0.3, 0.4) is 0 Å². The largest absolute Gasteiger partial charge is 0.457 e. The van der Waals surface area contributed by atoms with Crippen LogP contribution in [0, 0.1) is 5.82 Å². The molecular weight excluding hydrogens is 457 g/mol. The van der Waals surface area contributed by atoms with Gasteiger partial charge in [0.2, 0.25) is 5.91 Å². The molecule has 0 spiro atoms. The van der Waals surface area contributed by atoms with Gasteiger partial charge in [0.05, 0.1) is 5.69 Å². The van der Waals surface area contributed by atoms with Crippen molar-refractivity contribution in [3.8, 4) is 11.5 Å². The molecule has 2 unspecified atom stereocenters. The monoisotopic (exact) mass is 483 g/mol. The lowest BCUT2D eigenvalue weighted by Gasteiger charge is -2.24. The van der Waals surface area contributed by atoms with Gasteiger partial charge in [-0.15, -0.1) is 0 Å². The van der Waals surface area contributed by atoms with Crippen molar-refractivity contribution in [2.75, 3.05) is 23.0 Å². The van der Waals surface area contributed by atoms with Crippen LogP contribution in [0.25, 0.3) is 0 Å². The number of carbonyl (C=O) groups is 1.